The van der Waals surface area contributed by atoms with E-state index in [4.69, 9.17) is 0 Å². The van der Waals surface area contributed by atoms with E-state index in [9.17, 15) is 0 Å². The molecule has 0 saturated carbocycles. The first-order valence-electron chi connectivity index (χ1n) is 6.74. The van der Waals surface area contributed by atoms with Crippen molar-refractivity contribution in [3.05, 3.63) is 79.1 Å². The maximum absolute atomic E-state index is 4.05. The quantitative estimate of drug-likeness (QED) is 0.609. The summed E-state index contributed by atoms with van der Waals surface area (Å²) < 4.78 is 0. The second-order valence-electron chi connectivity index (χ2n) is 4.56. The zero-order chi connectivity index (χ0) is 14.3. The average Bonchev–Trinajstić information content (AvgIpc) is 2.56. The van der Waals surface area contributed by atoms with Crippen LogP contribution in [0, 0.1) is 0 Å². The Morgan fingerprint density at radius 2 is 1.19 bits per heavy atom. The average molecular weight is 276 g/mol. The Morgan fingerprint density at radius 3 is 1.90 bits per heavy atom. The van der Waals surface area contributed by atoms with Gasteiger partial charge in [0.1, 0.15) is 0 Å². The maximum Gasteiger partial charge on any atom is 0.0723 e. The van der Waals surface area contributed by atoms with Gasteiger partial charge in [-0.25, -0.2) is 0 Å². The van der Waals surface area contributed by atoms with Gasteiger partial charge in [-0.2, -0.15) is 0 Å². The van der Waals surface area contributed by atoms with Crippen molar-refractivity contribution in [2.24, 2.45) is 0 Å². The van der Waals surface area contributed by atoms with Crippen LogP contribution >= 0.6 is 0 Å². The fourth-order valence-electron chi connectivity index (χ4n) is 1.91. The molecule has 2 aromatic carbocycles. The van der Waals surface area contributed by atoms with Crippen LogP contribution in [-0.2, 0) is 0 Å². The molecule has 4 heteroatoms. The first-order chi connectivity index (χ1) is 10.4. The topological polar surface area (TPSA) is 49.0 Å². The zero-order valence-corrected chi connectivity index (χ0v) is 11.5. The van der Waals surface area contributed by atoms with Crippen LogP contribution in [0.4, 0.5) is 22.7 Å². The summed E-state index contributed by atoms with van der Waals surface area (Å²) >= 11 is 0. The summed E-state index contributed by atoms with van der Waals surface area (Å²) in [5.74, 6) is 0. The van der Waals surface area contributed by atoms with Crippen molar-refractivity contribution in [3.8, 4) is 0 Å². The van der Waals surface area contributed by atoms with Crippen molar-refractivity contribution in [2.45, 2.75) is 0 Å². The van der Waals surface area contributed by atoms with Crippen LogP contribution in [-0.4, -0.2) is 4.98 Å². The third kappa shape index (κ3) is 3.73. The fourth-order valence-corrected chi connectivity index (χ4v) is 1.91. The highest BCUT2D eigenvalue weighted by molar-refractivity contribution is 5.63. The van der Waals surface area contributed by atoms with Crippen LogP contribution in [0.1, 0.15) is 0 Å². The van der Waals surface area contributed by atoms with Gasteiger partial charge in [0.2, 0.25) is 0 Å². The van der Waals surface area contributed by atoms with E-state index in [1.54, 1.807) is 12.4 Å². The number of hydrogen-bond donors (Lipinski definition) is 3. The number of hydrazine groups is 1. The van der Waals surface area contributed by atoms with Crippen LogP contribution in [0.25, 0.3) is 0 Å². The Kier molecular flexibility index (Phi) is 3.98. The van der Waals surface area contributed by atoms with Crippen LogP contribution in [0.2, 0.25) is 0 Å². The molecule has 0 aliphatic heterocycles. The van der Waals surface area contributed by atoms with E-state index in [1.165, 1.54) is 0 Å². The number of pyridine rings is 1. The van der Waals surface area contributed by atoms with Gasteiger partial charge in [0.15, 0.2) is 0 Å². The third-order valence-electron chi connectivity index (χ3n) is 2.96. The SMILES string of the molecule is c1ccc(Nc2ccc(NNc3cccnc3)cc2)cc1. The molecule has 1 aromatic heterocycles. The minimum Gasteiger partial charge on any atom is -0.356 e. The predicted octanol–water partition coefficient (Wildman–Crippen LogP) is 4.26. The molecule has 0 radical (unpaired) electrons. The van der Waals surface area contributed by atoms with E-state index in [-0.39, 0.29) is 0 Å². The first kappa shape index (κ1) is 13.0. The summed E-state index contributed by atoms with van der Waals surface area (Å²) in [6.07, 6.45) is 3.51. The number of para-hydroxylation sites is 1. The lowest BCUT2D eigenvalue weighted by Crippen LogP contribution is -2.08. The van der Waals surface area contributed by atoms with Crippen molar-refractivity contribution in [1.29, 1.82) is 0 Å². The van der Waals surface area contributed by atoms with Gasteiger partial charge in [-0.3, -0.25) is 10.4 Å². The molecule has 0 atom stereocenters. The summed E-state index contributed by atoms with van der Waals surface area (Å²) in [6, 6.07) is 22.0. The van der Waals surface area contributed by atoms with Crippen molar-refractivity contribution >= 4 is 22.7 Å². The minimum absolute atomic E-state index is 0.920. The predicted molar refractivity (Wildman–Crippen MR) is 87.6 cm³/mol. The van der Waals surface area contributed by atoms with E-state index >= 15 is 0 Å². The molecule has 0 fully saturated rings. The number of nitrogens with one attached hydrogen (secondary N) is 3. The van der Waals surface area contributed by atoms with Crippen molar-refractivity contribution in [2.75, 3.05) is 16.2 Å². The molecule has 0 aliphatic carbocycles. The molecule has 0 aliphatic rings. The minimum atomic E-state index is 0.920. The lowest BCUT2D eigenvalue weighted by Gasteiger charge is -2.11. The zero-order valence-electron chi connectivity index (χ0n) is 11.5. The molecular weight excluding hydrogens is 260 g/mol. The molecule has 3 N–H and O–H groups in total. The summed E-state index contributed by atoms with van der Waals surface area (Å²) in [5, 5.41) is 3.35. The fraction of sp³-hybridized carbons (Fsp3) is 0. The molecule has 1 heterocycles. The summed E-state index contributed by atoms with van der Waals surface area (Å²) in [6.45, 7) is 0. The Morgan fingerprint density at radius 1 is 0.571 bits per heavy atom. The second kappa shape index (κ2) is 6.43. The Bertz CT molecular complexity index is 666. The highest BCUT2D eigenvalue weighted by atomic mass is 15.4. The van der Waals surface area contributed by atoms with Gasteiger partial charge >= 0.3 is 0 Å². The third-order valence-corrected chi connectivity index (χ3v) is 2.96. The Balaban J connectivity index is 1.59. The molecule has 0 bridgehead atoms. The van der Waals surface area contributed by atoms with Crippen molar-refractivity contribution in [1.82, 2.24) is 4.98 Å². The molecule has 3 aromatic rings. The van der Waals surface area contributed by atoms with Crippen molar-refractivity contribution < 1.29 is 0 Å². The van der Waals surface area contributed by atoms with Gasteiger partial charge in [0, 0.05) is 17.6 Å². The van der Waals surface area contributed by atoms with E-state index in [2.05, 4.69) is 21.2 Å². The summed E-state index contributed by atoms with van der Waals surface area (Å²) in [4.78, 5) is 4.05. The standard InChI is InChI=1S/C17H16N4/c1-2-5-14(6-3-1)19-15-8-10-16(11-9-15)20-21-17-7-4-12-18-13-17/h1-13,19-21H. The van der Waals surface area contributed by atoms with Gasteiger partial charge in [-0.15, -0.1) is 0 Å². The lowest BCUT2D eigenvalue weighted by molar-refractivity contribution is 1.30. The van der Waals surface area contributed by atoms with E-state index in [0.29, 0.717) is 0 Å². The van der Waals surface area contributed by atoms with Crippen LogP contribution in [0.15, 0.2) is 79.1 Å². The van der Waals surface area contributed by atoms with Gasteiger partial charge in [-0.05, 0) is 48.5 Å². The molecule has 0 unspecified atom stereocenters. The van der Waals surface area contributed by atoms with Crippen LogP contribution < -0.4 is 16.2 Å². The number of nitrogens with zero attached hydrogens (tertiary/aromatic N) is 1. The molecule has 0 amide bonds. The Labute approximate surface area is 123 Å². The number of anilines is 4. The summed E-state index contributed by atoms with van der Waals surface area (Å²) in [5.41, 5.74) is 10.3. The number of benzene rings is 2. The van der Waals surface area contributed by atoms with E-state index in [1.807, 2.05) is 66.7 Å². The first-order valence-corrected chi connectivity index (χ1v) is 6.74. The van der Waals surface area contributed by atoms with E-state index < -0.39 is 0 Å². The van der Waals surface area contributed by atoms with Gasteiger partial charge in [0.05, 0.1) is 17.6 Å². The molecular formula is C17H16N4. The molecule has 21 heavy (non-hydrogen) atoms. The monoisotopic (exact) mass is 276 g/mol. The molecule has 3 rings (SSSR count). The molecule has 104 valence electrons. The van der Waals surface area contributed by atoms with Crippen LogP contribution in [0.3, 0.4) is 0 Å². The van der Waals surface area contributed by atoms with Gasteiger partial charge in [0.25, 0.3) is 0 Å². The van der Waals surface area contributed by atoms with Gasteiger partial charge in [-0.1, -0.05) is 18.2 Å². The summed E-state index contributed by atoms with van der Waals surface area (Å²) in [7, 11) is 0. The normalized spacial score (nSPS) is 9.90. The highest BCUT2D eigenvalue weighted by Crippen LogP contribution is 2.18. The highest BCUT2D eigenvalue weighted by Gasteiger charge is 1.95. The number of hydrogen-bond acceptors (Lipinski definition) is 4. The smallest absolute Gasteiger partial charge is 0.0723 e. The number of aromatic nitrogens is 1. The lowest BCUT2D eigenvalue weighted by atomic mass is 10.2. The van der Waals surface area contributed by atoms with E-state index in [0.717, 1.165) is 22.7 Å². The molecule has 4 nitrogen and oxygen atoms in total. The van der Waals surface area contributed by atoms with Crippen LogP contribution in [0.5, 0.6) is 0 Å². The number of rotatable bonds is 5. The molecule has 0 spiro atoms. The largest absolute Gasteiger partial charge is 0.356 e. The second-order valence-corrected chi connectivity index (χ2v) is 4.56. The van der Waals surface area contributed by atoms with Crippen molar-refractivity contribution in [3.63, 3.8) is 0 Å². The Hall–Kier alpha value is -3.01. The molecule has 0 saturated heterocycles. The van der Waals surface area contributed by atoms with Gasteiger partial charge < -0.3 is 10.7 Å². The maximum atomic E-state index is 4.05.